The molecule has 16 heavy (non-hydrogen) atoms. The lowest BCUT2D eigenvalue weighted by Gasteiger charge is -2.21. The van der Waals surface area contributed by atoms with Crippen molar-refractivity contribution in [2.75, 3.05) is 18.9 Å². The van der Waals surface area contributed by atoms with Crippen LogP contribution >= 0.6 is 0 Å². The van der Waals surface area contributed by atoms with Gasteiger partial charge in [0.1, 0.15) is 19.0 Å². The van der Waals surface area contributed by atoms with Gasteiger partial charge in [-0.2, -0.15) is 0 Å². The van der Waals surface area contributed by atoms with E-state index in [-0.39, 0.29) is 6.10 Å². The minimum absolute atomic E-state index is 0.143. The first-order chi connectivity index (χ1) is 7.70. The maximum atomic E-state index is 5.89. The van der Waals surface area contributed by atoms with Crippen LogP contribution < -0.4 is 19.9 Å². The van der Waals surface area contributed by atoms with E-state index in [2.05, 4.69) is 6.92 Å². The molecule has 2 N–H and O–H groups in total. The third-order valence-electron chi connectivity index (χ3n) is 2.58. The molecule has 1 aliphatic rings. The summed E-state index contributed by atoms with van der Waals surface area (Å²) >= 11 is 0. The quantitative estimate of drug-likeness (QED) is 0.798. The minimum atomic E-state index is 0.143. The summed E-state index contributed by atoms with van der Waals surface area (Å²) in [7, 11) is 0. The molecule has 0 saturated heterocycles. The molecule has 0 aliphatic carbocycles. The largest absolute Gasteiger partial charge is 0.488 e. The molecular weight excluding hydrogens is 206 g/mol. The SMILES string of the molecule is CCC(C)Oc1cc2c(cc1N)OCCO2. The zero-order chi connectivity index (χ0) is 11.5. The molecule has 0 saturated carbocycles. The number of nitrogen functional groups attached to an aromatic ring is 1. The Bertz CT molecular complexity index is 379. The van der Waals surface area contributed by atoms with Crippen LogP contribution in [0.15, 0.2) is 12.1 Å². The molecule has 1 aliphatic heterocycles. The predicted octanol–water partition coefficient (Wildman–Crippen LogP) is 2.22. The fourth-order valence-corrected chi connectivity index (χ4v) is 1.49. The Kier molecular flexibility index (Phi) is 3.08. The standard InChI is InChI=1S/C12H17NO3/c1-3-8(2)16-10-7-12-11(6-9(10)13)14-4-5-15-12/h6-8H,3-5,13H2,1-2H3. The van der Waals surface area contributed by atoms with Gasteiger partial charge in [0.2, 0.25) is 0 Å². The number of nitrogens with two attached hydrogens (primary N) is 1. The number of fused-ring (bicyclic) bond motifs is 1. The van der Waals surface area contributed by atoms with E-state index in [4.69, 9.17) is 19.9 Å². The van der Waals surface area contributed by atoms with Crippen LogP contribution in [0.5, 0.6) is 17.2 Å². The zero-order valence-corrected chi connectivity index (χ0v) is 9.66. The average Bonchev–Trinajstić information content (AvgIpc) is 2.30. The van der Waals surface area contributed by atoms with Crippen molar-refractivity contribution >= 4 is 5.69 Å². The fourth-order valence-electron chi connectivity index (χ4n) is 1.49. The monoisotopic (exact) mass is 223 g/mol. The first-order valence-corrected chi connectivity index (χ1v) is 5.56. The molecule has 0 radical (unpaired) electrons. The van der Waals surface area contributed by atoms with Gasteiger partial charge in [-0.3, -0.25) is 0 Å². The van der Waals surface area contributed by atoms with Crippen LogP contribution in [0.1, 0.15) is 20.3 Å². The molecule has 88 valence electrons. The molecule has 1 unspecified atom stereocenters. The molecule has 1 heterocycles. The summed E-state index contributed by atoms with van der Waals surface area (Å²) in [5.41, 5.74) is 6.47. The van der Waals surface area contributed by atoms with Gasteiger partial charge in [0, 0.05) is 12.1 Å². The van der Waals surface area contributed by atoms with Crippen LogP contribution in [0.2, 0.25) is 0 Å². The van der Waals surface area contributed by atoms with Crippen molar-refractivity contribution in [2.45, 2.75) is 26.4 Å². The van der Waals surface area contributed by atoms with Crippen molar-refractivity contribution in [3.8, 4) is 17.2 Å². The van der Waals surface area contributed by atoms with Crippen LogP contribution in [0, 0.1) is 0 Å². The lowest BCUT2D eigenvalue weighted by molar-refractivity contribution is 0.168. The molecule has 0 spiro atoms. The normalized spacial score (nSPS) is 15.6. The lowest BCUT2D eigenvalue weighted by Crippen LogP contribution is -2.16. The molecule has 0 bridgehead atoms. The van der Waals surface area contributed by atoms with Crippen LogP contribution in [0.4, 0.5) is 5.69 Å². The van der Waals surface area contributed by atoms with Crippen molar-refractivity contribution in [3.63, 3.8) is 0 Å². The Morgan fingerprint density at radius 3 is 2.56 bits per heavy atom. The van der Waals surface area contributed by atoms with E-state index < -0.39 is 0 Å². The average molecular weight is 223 g/mol. The number of benzene rings is 1. The summed E-state index contributed by atoms with van der Waals surface area (Å²) in [6, 6.07) is 3.56. The van der Waals surface area contributed by atoms with Gasteiger partial charge in [0.05, 0.1) is 11.8 Å². The summed E-state index contributed by atoms with van der Waals surface area (Å²) < 4.78 is 16.6. The second kappa shape index (κ2) is 4.51. The first kappa shape index (κ1) is 10.9. The fraction of sp³-hybridized carbons (Fsp3) is 0.500. The molecule has 0 aromatic heterocycles. The highest BCUT2D eigenvalue weighted by molar-refractivity contribution is 5.62. The maximum Gasteiger partial charge on any atom is 0.165 e. The summed E-state index contributed by atoms with van der Waals surface area (Å²) in [4.78, 5) is 0. The summed E-state index contributed by atoms with van der Waals surface area (Å²) in [5.74, 6) is 2.07. The summed E-state index contributed by atoms with van der Waals surface area (Å²) in [6.45, 7) is 5.22. The molecule has 4 nitrogen and oxygen atoms in total. The smallest absolute Gasteiger partial charge is 0.165 e. The maximum absolute atomic E-state index is 5.89. The third-order valence-corrected chi connectivity index (χ3v) is 2.58. The number of anilines is 1. The number of hydrogen-bond donors (Lipinski definition) is 1. The summed E-state index contributed by atoms with van der Waals surface area (Å²) in [5, 5.41) is 0. The molecule has 1 aromatic rings. The van der Waals surface area contributed by atoms with Crippen molar-refractivity contribution in [1.29, 1.82) is 0 Å². The molecule has 4 heteroatoms. The van der Waals surface area contributed by atoms with E-state index in [9.17, 15) is 0 Å². The van der Waals surface area contributed by atoms with E-state index in [0.29, 0.717) is 36.1 Å². The van der Waals surface area contributed by atoms with Gasteiger partial charge in [-0.15, -0.1) is 0 Å². The van der Waals surface area contributed by atoms with E-state index in [1.165, 1.54) is 0 Å². The van der Waals surface area contributed by atoms with Crippen molar-refractivity contribution in [1.82, 2.24) is 0 Å². The van der Waals surface area contributed by atoms with Gasteiger partial charge in [0.25, 0.3) is 0 Å². The minimum Gasteiger partial charge on any atom is -0.488 e. The topological polar surface area (TPSA) is 53.7 Å². The van der Waals surface area contributed by atoms with Gasteiger partial charge < -0.3 is 19.9 Å². The van der Waals surface area contributed by atoms with Crippen LogP contribution in [-0.2, 0) is 0 Å². The number of ether oxygens (including phenoxy) is 3. The Balaban J connectivity index is 2.25. The second-order valence-corrected chi connectivity index (χ2v) is 3.87. The van der Waals surface area contributed by atoms with Crippen LogP contribution in [0.25, 0.3) is 0 Å². The van der Waals surface area contributed by atoms with E-state index in [1.54, 1.807) is 12.1 Å². The second-order valence-electron chi connectivity index (χ2n) is 3.87. The van der Waals surface area contributed by atoms with Crippen molar-refractivity contribution < 1.29 is 14.2 Å². The van der Waals surface area contributed by atoms with Gasteiger partial charge in [-0.1, -0.05) is 6.92 Å². The Morgan fingerprint density at radius 1 is 1.31 bits per heavy atom. The van der Waals surface area contributed by atoms with Gasteiger partial charge in [-0.25, -0.2) is 0 Å². The first-order valence-electron chi connectivity index (χ1n) is 5.56. The molecule has 2 rings (SSSR count). The Morgan fingerprint density at radius 2 is 1.94 bits per heavy atom. The van der Waals surface area contributed by atoms with E-state index >= 15 is 0 Å². The van der Waals surface area contributed by atoms with Gasteiger partial charge in [0.15, 0.2) is 11.5 Å². The molecule has 1 aromatic carbocycles. The van der Waals surface area contributed by atoms with E-state index in [1.807, 2.05) is 6.92 Å². The highest BCUT2D eigenvalue weighted by Gasteiger charge is 2.16. The number of hydrogen-bond acceptors (Lipinski definition) is 4. The van der Waals surface area contributed by atoms with Gasteiger partial charge in [-0.05, 0) is 13.3 Å². The van der Waals surface area contributed by atoms with Crippen LogP contribution in [-0.4, -0.2) is 19.3 Å². The molecule has 1 atom stereocenters. The number of rotatable bonds is 3. The molecule has 0 amide bonds. The zero-order valence-electron chi connectivity index (χ0n) is 9.66. The predicted molar refractivity (Wildman–Crippen MR) is 62.2 cm³/mol. The lowest BCUT2D eigenvalue weighted by atomic mass is 10.2. The Hall–Kier alpha value is -1.58. The molecule has 0 fully saturated rings. The van der Waals surface area contributed by atoms with Crippen LogP contribution in [0.3, 0.4) is 0 Å². The summed E-state index contributed by atoms with van der Waals surface area (Å²) in [6.07, 6.45) is 1.08. The third kappa shape index (κ3) is 2.15. The highest BCUT2D eigenvalue weighted by Crippen LogP contribution is 2.38. The van der Waals surface area contributed by atoms with E-state index in [0.717, 1.165) is 6.42 Å². The highest BCUT2D eigenvalue weighted by atomic mass is 16.6. The molecular formula is C12H17NO3. The van der Waals surface area contributed by atoms with Gasteiger partial charge >= 0.3 is 0 Å². The van der Waals surface area contributed by atoms with Crippen molar-refractivity contribution in [2.24, 2.45) is 0 Å². The van der Waals surface area contributed by atoms with Crippen molar-refractivity contribution in [3.05, 3.63) is 12.1 Å². The Labute approximate surface area is 95.3 Å².